The Morgan fingerprint density at radius 3 is 3.07 bits per heavy atom. The van der Waals surface area contributed by atoms with Crippen molar-refractivity contribution < 1.29 is 0 Å². The fourth-order valence-electron chi connectivity index (χ4n) is 1.41. The Bertz CT molecular complexity index is 514. The second kappa shape index (κ2) is 3.46. The number of nitrogens with zero attached hydrogens (tertiary/aromatic N) is 3. The summed E-state index contributed by atoms with van der Waals surface area (Å²) in [6, 6.07) is 1.78. The van der Waals surface area contributed by atoms with Crippen molar-refractivity contribution in [3.05, 3.63) is 34.1 Å². The molecule has 14 heavy (non-hydrogen) atoms. The Balaban J connectivity index is 2.68. The molecule has 5 heteroatoms. The maximum Gasteiger partial charge on any atom is 0.333 e. The highest BCUT2D eigenvalue weighted by molar-refractivity contribution is 6.29. The predicted octanol–water partition coefficient (Wildman–Crippen LogP) is 1.56. The molecule has 2 aromatic rings. The topological polar surface area (TPSA) is 39.3 Å². The zero-order valence-electron chi connectivity index (χ0n) is 7.77. The van der Waals surface area contributed by atoms with Crippen LogP contribution in [0.4, 0.5) is 0 Å². The number of imidazole rings is 1. The second-order valence-electron chi connectivity index (χ2n) is 3.08. The summed E-state index contributed by atoms with van der Waals surface area (Å²) in [6.07, 6.45) is 4.20. The van der Waals surface area contributed by atoms with Crippen molar-refractivity contribution in [1.29, 1.82) is 0 Å². The van der Waals surface area contributed by atoms with Crippen LogP contribution in [0.3, 0.4) is 0 Å². The largest absolute Gasteiger partial charge is 0.333 e. The Morgan fingerprint density at radius 2 is 2.36 bits per heavy atom. The summed E-state index contributed by atoms with van der Waals surface area (Å²) in [5, 5.41) is 0.344. The lowest BCUT2D eigenvalue weighted by Gasteiger charge is -2.02. The molecule has 0 radical (unpaired) electrons. The molecule has 2 heterocycles. The number of aromatic nitrogens is 3. The van der Waals surface area contributed by atoms with Gasteiger partial charge >= 0.3 is 5.69 Å². The molecule has 0 atom stereocenters. The van der Waals surface area contributed by atoms with E-state index in [0.717, 1.165) is 6.42 Å². The van der Waals surface area contributed by atoms with E-state index in [1.807, 2.05) is 6.92 Å². The summed E-state index contributed by atoms with van der Waals surface area (Å²) in [4.78, 5) is 15.7. The van der Waals surface area contributed by atoms with E-state index in [1.165, 1.54) is 10.6 Å². The van der Waals surface area contributed by atoms with Crippen LogP contribution >= 0.6 is 11.6 Å². The maximum atomic E-state index is 11.8. The van der Waals surface area contributed by atoms with Gasteiger partial charge in [0.25, 0.3) is 0 Å². The van der Waals surface area contributed by atoms with E-state index in [0.29, 0.717) is 17.3 Å². The monoisotopic (exact) mass is 211 g/mol. The molecule has 4 nitrogen and oxygen atoms in total. The van der Waals surface area contributed by atoms with Crippen LogP contribution in [0.2, 0.25) is 5.15 Å². The van der Waals surface area contributed by atoms with Crippen LogP contribution in [-0.4, -0.2) is 14.0 Å². The summed E-state index contributed by atoms with van der Waals surface area (Å²) in [5.74, 6) is 0. The van der Waals surface area contributed by atoms with Gasteiger partial charge < -0.3 is 4.57 Å². The van der Waals surface area contributed by atoms with E-state index in [1.54, 1.807) is 16.8 Å². The first-order valence-corrected chi connectivity index (χ1v) is 4.84. The average Bonchev–Trinajstić information content (AvgIpc) is 2.52. The van der Waals surface area contributed by atoms with Crippen molar-refractivity contribution in [1.82, 2.24) is 14.0 Å². The van der Waals surface area contributed by atoms with Gasteiger partial charge in [0, 0.05) is 12.7 Å². The lowest BCUT2D eigenvalue weighted by Crippen LogP contribution is -2.25. The van der Waals surface area contributed by atoms with Crippen LogP contribution in [-0.2, 0) is 6.54 Å². The van der Waals surface area contributed by atoms with Gasteiger partial charge in [0.05, 0.1) is 6.20 Å². The number of aryl methyl sites for hydroxylation is 1. The molecule has 0 N–H and O–H groups in total. The van der Waals surface area contributed by atoms with Gasteiger partial charge in [-0.05, 0) is 12.5 Å². The van der Waals surface area contributed by atoms with Crippen molar-refractivity contribution in [3.63, 3.8) is 0 Å². The smallest absolute Gasteiger partial charge is 0.300 e. The lowest BCUT2D eigenvalue weighted by molar-refractivity contribution is 0.628. The van der Waals surface area contributed by atoms with E-state index < -0.39 is 0 Å². The van der Waals surface area contributed by atoms with Gasteiger partial charge in [-0.1, -0.05) is 18.5 Å². The zero-order valence-corrected chi connectivity index (χ0v) is 8.53. The molecule has 2 aromatic heterocycles. The second-order valence-corrected chi connectivity index (χ2v) is 3.47. The maximum absolute atomic E-state index is 11.8. The van der Waals surface area contributed by atoms with Gasteiger partial charge in [-0.25, -0.2) is 14.2 Å². The average molecular weight is 212 g/mol. The molecular formula is C9H10ClN3O. The highest BCUT2D eigenvalue weighted by atomic mass is 35.5. The lowest BCUT2D eigenvalue weighted by atomic mass is 10.4. The predicted molar refractivity (Wildman–Crippen MR) is 54.8 cm³/mol. The first-order valence-electron chi connectivity index (χ1n) is 4.46. The third kappa shape index (κ3) is 1.42. The third-order valence-electron chi connectivity index (χ3n) is 2.02. The molecule has 0 fully saturated rings. The summed E-state index contributed by atoms with van der Waals surface area (Å²) in [7, 11) is 0. The molecule has 0 unspecified atom stereocenters. The van der Waals surface area contributed by atoms with Crippen LogP contribution in [0.5, 0.6) is 0 Å². The summed E-state index contributed by atoms with van der Waals surface area (Å²) < 4.78 is 3.10. The van der Waals surface area contributed by atoms with Crippen molar-refractivity contribution in [2.24, 2.45) is 0 Å². The molecule has 2 rings (SSSR count). The van der Waals surface area contributed by atoms with Crippen LogP contribution < -0.4 is 5.69 Å². The van der Waals surface area contributed by atoms with Gasteiger partial charge in [-0.2, -0.15) is 0 Å². The highest BCUT2D eigenvalue weighted by Crippen LogP contribution is 2.06. The zero-order chi connectivity index (χ0) is 10.1. The number of hydrogen-bond acceptors (Lipinski definition) is 2. The van der Waals surface area contributed by atoms with Crippen molar-refractivity contribution in [3.8, 4) is 0 Å². The van der Waals surface area contributed by atoms with Crippen molar-refractivity contribution >= 4 is 17.2 Å². The first-order chi connectivity index (χ1) is 6.72. The van der Waals surface area contributed by atoms with E-state index in [4.69, 9.17) is 11.6 Å². The molecular weight excluding hydrogens is 202 g/mol. The molecule has 0 spiro atoms. The minimum Gasteiger partial charge on any atom is -0.300 e. The number of rotatable bonds is 2. The molecule has 0 aliphatic heterocycles. The molecule has 0 aliphatic rings. The molecule has 0 aliphatic carbocycles. The van der Waals surface area contributed by atoms with E-state index in [-0.39, 0.29) is 5.69 Å². The standard InChI is InChI=1S/C9H10ClN3O/c1-2-4-12-5-3-8-11-7(10)6-13(8)9(12)14/h3,5-6H,2,4H2,1H3. The minimum atomic E-state index is -0.0937. The molecule has 0 aromatic carbocycles. The third-order valence-corrected chi connectivity index (χ3v) is 2.21. The van der Waals surface area contributed by atoms with Crippen LogP contribution in [0, 0.1) is 0 Å². The van der Waals surface area contributed by atoms with Gasteiger partial charge in [0.15, 0.2) is 0 Å². The highest BCUT2D eigenvalue weighted by Gasteiger charge is 2.03. The summed E-state index contributed by atoms with van der Waals surface area (Å²) in [5.41, 5.74) is 0.496. The fourth-order valence-corrected chi connectivity index (χ4v) is 1.59. The van der Waals surface area contributed by atoms with Crippen molar-refractivity contribution in [2.45, 2.75) is 19.9 Å². The summed E-state index contributed by atoms with van der Waals surface area (Å²) >= 11 is 5.70. The molecule has 0 bridgehead atoms. The van der Waals surface area contributed by atoms with Gasteiger partial charge in [-0.3, -0.25) is 0 Å². The van der Waals surface area contributed by atoms with Crippen molar-refractivity contribution in [2.75, 3.05) is 0 Å². The summed E-state index contributed by atoms with van der Waals surface area (Å²) in [6.45, 7) is 2.74. The van der Waals surface area contributed by atoms with Crippen LogP contribution in [0.15, 0.2) is 23.3 Å². The van der Waals surface area contributed by atoms with Crippen LogP contribution in [0.1, 0.15) is 13.3 Å². The molecule has 0 amide bonds. The van der Waals surface area contributed by atoms with E-state index >= 15 is 0 Å². The quantitative estimate of drug-likeness (QED) is 0.756. The van der Waals surface area contributed by atoms with E-state index in [2.05, 4.69) is 4.98 Å². The normalized spacial score (nSPS) is 11.0. The Hall–Kier alpha value is -1.29. The fraction of sp³-hybridized carbons (Fsp3) is 0.333. The Morgan fingerprint density at radius 1 is 1.57 bits per heavy atom. The Kier molecular flexibility index (Phi) is 2.29. The first kappa shape index (κ1) is 9.27. The van der Waals surface area contributed by atoms with Gasteiger partial charge in [0.2, 0.25) is 0 Å². The Labute approximate surface area is 85.8 Å². The molecule has 0 saturated carbocycles. The SMILES string of the molecule is CCCn1ccc2nc(Cl)cn2c1=O. The number of hydrogen-bond donors (Lipinski definition) is 0. The van der Waals surface area contributed by atoms with Gasteiger partial charge in [0.1, 0.15) is 10.8 Å². The molecule has 74 valence electrons. The number of halogens is 1. The van der Waals surface area contributed by atoms with Gasteiger partial charge in [-0.15, -0.1) is 0 Å². The molecule has 0 saturated heterocycles. The number of fused-ring (bicyclic) bond motifs is 1. The van der Waals surface area contributed by atoms with E-state index in [9.17, 15) is 4.79 Å². The van der Waals surface area contributed by atoms with Crippen LogP contribution in [0.25, 0.3) is 5.65 Å². The minimum absolute atomic E-state index is 0.0937.